The quantitative estimate of drug-likeness (QED) is 0.560. The number of halogens is 1. The largest absolute Gasteiger partial charge is 0.454 e. The van der Waals surface area contributed by atoms with Gasteiger partial charge in [-0.15, -0.1) is 0 Å². The van der Waals surface area contributed by atoms with Gasteiger partial charge in [-0.3, -0.25) is 14.4 Å². The van der Waals surface area contributed by atoms with E-state index in [1.54, 1.807) is 29.2 Å². The fraction of sp³-hybridized carbons (Fsp3) is 0.318. The van der Waals surface area contributed by atoms with Gasteiger partial charge in [-0.05, 0) is 56.2 Å². The average Bonchev–Trinajstić information content (AvgIpc) is 3.03. The van der Waals surface area contributed by atoms with Crippen molar-refractivity contribution in [2.24, 2.45) is 5.92 Å². The number of nitrogens with zero attached hydrogens (tertiary/aromatic N) is 1. The molecule has 1 fully saturated rings. The third-order valence-electron chi connectivity index (χ3n) is 4.96. The maximum atomic E-state index is 12.6. The summed E-state index contributed by atoms with van der Waals surface area (Å²) in [5, 5.41) is 0.525. The summed E-state index contributed by atoms with van der Waals surface area (Å²) in [4.78, 5) is 39.2. The third kappa shape index (κ3) is 4.09. The molecule has 0 saturated carbocycles. The van der Waals surface area contributed by atoms with Gasteiger partial charge in [0.25, 0.3) is 0 Å². The highest BCUT2D eigenvalue weighted by Gasteiger charge is 2.38. The van der Waals surface area contributed by atoms with Gasteiger partial charge in [-0.25, -0.2) is 0 Å². The molecule has 1 aliphatic rings. The molecule has 2 aromatic carbocycles. The second-order valence-electron chi connectivity index (χ2n) is 7.10. The highest BCUT2D eigenvalue weighted by molar-refractivity contribution is 6.30. The number of carbonyl (C=O) groups is 3. The van der Waals surface area contributed by atoms with Crippen LogP contribution in [0.2, 0.25) is 5.02 Å². The lowest BCUT2D eigenvalue weighted by atomic mass is 10.1. The summed E-state index contributed by atoms with van der Waals surface area (Å²) in [6.07, 6.45) is -0.855. The van der Waals surface area contributed by atoms with Gasteiger partial charge in [0.05, 0.1) is 5.92 Å². The van der Waals surface area contributed by atoms with Gasteiger partial charge >= 0.3 is 5.97 Å². The molecular weight excluding hydrogens is 378 g/mol. The Balaban J connectivity index is 1.67. The summed E-state index contributed by atoms with van der Waals surface area (Å²) in [6.45, 7) is 5.67. The molecule has 3 rings (SSSR count). The number of para-hydroxylation sites is 1. The van der Waals surface area contributed by atoms with Crippen LogP contribution < -0.4 is 4.90 Å². The molecule has 2 atom stereocenters. The Morgan fingerprint density at radius 1 is 1.11 bits per heavy atom. The summed E-state index contributed by atoms with van der Waals surface area (Å²) in [7, 11) is 0. The Hall–Kier alpha value is -2.66. The molecule has 0 bridgehead atoms. The van der Waals surface area contributed by atoms with Crippen molar-refractivity contribution in [3.8, 4) is 0 Å². The van der Waals surface area contributed by atoms with E-state index in [1.807, 2.05) is 32.0 Å². The molecular formula is C22H22ClNO4. The summed E-state index contributed by atoms with van der Waals surface area (Å²) in [5.74, 6) is -1.54. The highest BCUT2D eigenvalue weighted by Crippen LogP contribution is 2.31. The number of rotatable bonds is 5. The molecule has 0 radical (unpaired) electrons. The Kier molecular flexibility index (Phi) is 5.84. The zero-order valence-electron chi connectivity index (χ0n) is 16.1. The van der Waals surface area contributed by atoms with E-state index in [-0.39, 0.29) is 24.7 Å². The number of hydrogen-bond donors (Lipinski definition) is 0. The first-order chi connectivity index (χ1) is 13.3. The van der Waals surface area contributed by atoms with E-state index in [2.05, 4.69) is 0 Å². The van der Waals surface area contributed by atoms with Gasteiger partial charge in [0.1, 0.15) is 0 Å². The number of esters is 1. The van der Waals surface area contributed by atoms with Gasteiger partial charge < -0.3 is 9.64 Å². The molecule has 6 heteroatoms. The molecule has 1 aliphatic heterocycles. The van der Waals surface area contributed by atoms with E-state index in [9.17, 15) is 14.4 Å². The minimum atomic E-state index is -0.932. The van der Waals surface area contributed by atoms with Gasteiger partial charge in [0, 0.05) is 29.2 Å². The number of benzene rings is 2. The first-order valence-electron chi connectivity index (χ1n) is 9.14. The number of amides is 1. The molecule has 0 N–H and O–H groups in total. The van der Waals surface area contributed by atoms with E-state index in [0.29, 0.717) is 10.6 Å². The molecule has 5 nitrogen and oxygen atoms in total. The first kappa shape index (κ1) is 20.1. The minimum absolute atomic E-state index is 0.0778. The number of carbonyl (C=O) groups excluding carboxylic acids is 3. The van der Waals surface area contributed by atoms with Crippen molar-refractivity contribution in [1.82, 2.24) is 0 Å². The molecule has 1 saturated heterocycles. The second kappa shape index (κ2) is 8.15. The number of aryl methyl sites for hydroxylation is 2. The third-order valence-corrected chi connectivity index (χ3v) is 5.21. The maximum Gasteiger partial charge on any atom is 0.312 e. The molecule has 2 aromatic rings. The van der Waals surface area contributed by atoms with Crippen LogP contribution >= 0.6 is 11.6 Å². The van der Waals surface area contributed by atoms with Crippen molar-refractivity contribution in [3.05, 3.63) is 64.2 Å². The predicted molar refractivity (Wildman–Crippen MR) is 108 cm³/mol. The Morgan fingerprint density at radius 3 is 2.32 bits per heavy atom. The number of Topliss-reactive ketones (excluding diaryl/α,β-unsaturated/α-hetero) is 1. The normalized spacial score (nSPS) is 17.5. The van der Waals surface area contributed by atoms with Crippen molar-refractivity contribution in [2.45, 2.75) is 33.3 Å². The van der Waals surface area contributed by atoms with Crippen LogP contribution in [0.15, 0.2) is 42.5 Å². The molecule has 0 aromatic heterocycles. The molecule has 28 heavy (non-hydrogen) atoms. The predicted octanol–water partition coefficient (Wildman–Crippen LogP) is 4.12. The molecule has 1 amide bonds. The van der Waals surface area contributed by atoms with E-state index in [1.165, 1.54) is 6.92 Å². The molecule has 146 valence electrons. The smallest absolute Gasteiger partial charge is 0.312 e. The van der Waals surface area contributed by atoms with Crippen molar-refractivity contribution in [3.63, 3.8) is 0 Å². The fourth-order valence-corrected chi connectivity index (χ4v) is 3.61. The van der Waals surface area contributed by atoms with Crippen LogP contribution in [-0.4, -0.2) is 30.3 Å². The zero-order chi connectivity index (χ0) is 20.4. The molecule has 0 spiro atoms. The monoisotopic (exact) mass is 399 g/mol. The van der Waals surface area contributed by atoms with Crippen LogP contribution in [0.1, 0.15) is 34.8 Å². The van der Waals surface area contributed by atoms with Crippen LogP contribution in [0.25, 0.3) is 0 Å². The van der Waals surface area contributed by atoms with Crippen LogP contribution in [0, 0.1) is 19.8 Å². The maximum absolute atomic E-state index is 12.6. The van der Waals surface area contributed by atoms with Gasteiger partial charge in [-0.1, -0.05) is 29.8 Å². The number of ether oxygens (including phenoxy) is 1. The first-order valence-corrected chi connectivity index (χ1v) is 9.52. The lowest BCUT2D eigenvalue weighted by Crippen LogP contribution is -2.31. The average molecular weight is 400 g/mol. The lowest BCUT2D eigenvalue weighted by Gasteiger charge is -2.21. The Labute approximate surface area is 169 Å². The van der Waals surface area contributed by atoms with E-state index in [0.717, 1.165) is 16.8 Å². The molecule has 0 unspecified atom stereocenters. The summed E-state index contributed by atoms with van der Waals surface area (Å²) >= 11 is 5.83. The Morgan fingerprint density at radius 2 is 1.71 bits per heavy atom. The van der Waals surface area contributed by atoms with E-state index >= 15 is 0 Å². The number of anilines is 1. The van der Waals surface area contributed by atoms with Gasteiger partial charge in [-0.2, -0.15) is 0 Å². The molecule has 0 aliphatic carbocycles. The SMILES string of the molecule is Cc1cccc(C)c1N1C[C@@H](C(=O)O[C@H](C)C(=O)c2ccc(Cl)cc2)CC1=O. The topological polar surface area (TPSA) is 63.7 Å². The summed E-state index contributed by atoms with van der Waals surface area (Å²) in [5.41, 5.74) is 3.22. The van der Waals surface area contributed by atoms with Crippen molar-refractivity contribution in [1.29, 1.82) is 0 Å². The van der Waals surface area contributed by atoms with Crippen LogP contribution in [-0.2, 0) is 14.3 Å². The molecule has 1 heterocycles. The van der Waals surface area contributed by atoms with Crippen molar-refractivity contribution < 1.29 is 19.1 Å². The second-order valence-corrected chi connectivity index (χ2v) is 7.53. The zero-order valence-corrected chi connectivity index (χ0v) is 16.8. The standard InChI is InChI=1S/C22H22ClNO4/c1-13-5-4-6-14(2)20(13)24-12-17(11-19(24)25)22(27)28-15(3)21(26)16-7-9-18(23)10-8-16/h4-10,15,17H,11-12H2,1-3H3/t15-,17+/m1/s1. The fourth-order valence-electron chi connectivity index (χ4n) is 3.49. The minimum Gasteiger partial charge on any atom is -0.454 e. The lowest BCUT2D eigenvalue weighted by molar-refractivity contribution is -0.151. The van der Waals surface area contributed by atoms with Gasteiger partial charge in [0.15, 0.2) is 6.10 Å². The van der Waals surface area contributed by atoms with E-state index in [4.69, 9.17) is 16.3 Å². The van der Waals surface area contributed by atoms with Crippen molar-refractivity contribution in [2.75, 3.05) is 11.4 Å². The van der Waals surface area contributed by atoms with Gasteiger partial charge in [0.2, 0.25) is 11.7 Å². The summed E-state index contributed by atoms with van der Waals surface area (Å²) in [6, 6.07) is 12.2. The number of hydrogen-bond acceptors (Lipinski definition) is 4. The van der Waals surface area contributed by atoms with Crippen LogP contribution in [0.4, 0.5) is 5.69 Å². The van der Waals surface area contributed by atoms with Crippen LogP contribution in [0.5, 0.6) is 0 Å². The Bertz CT molecular complexity index is 902. The number of ketones is 1. The van der Waals surface area contributed by atoms with Crippen molar-refractivity contribution >= 4 is 34.9 Å². The summed E-state index contributed by atoms with van der Waals surface area (Å²) < 4.78 is 5.37. The highest BCUT2D eigenvalue weighted by atomic mass is 35.5. The van der Waals surface area contributed by atoms with E-state index < -0.39 is 18.0 Å². The van der Waals surface area contributed by atoms with Crippen LogP contribution in [0.3, 0.4) is 0 Å².